The quantitative estimate of drug-likeness (QED) is 0.912. The lowest BCUT2D eigenvalue weighted by atomic mass is 10.1. The van der Waals surface area contributed by atoms with Gasteiger partial charge in [-0.3, -0.25) is 9.36 Å². The topological polar surface area (TPSA) is 59.3 Å². The predicted octanol–water partition coefficient (Wildman–Crippen LogP) is 2.50. The molecule has 0 saturated heterocycles. The number of hydrogen-bond donors (Lipinski definition) is 1. The van der Waals surface area contributed by atoms with Crippen LogP contribution in [-0.4, -0.2) is 15.6 Å². The van der Waals surface area contributed by atoms with E-state index in [-0.39, 0.29) is 5.56 Å². The molecule has 0 atom stereocenters. The van der Waals surface area contributed by atoms with Crippen molar-refractivity contribution in [3.8, 4) is 0 Å². The first-order chi connectivity index (χ1) is 8.09. The van der Waals surface area contributed by atoms with E-state index in [1.165, 1.54) is 10.6 Å². The van der Waals surface area contributed by atoms with Crippen LogP contribution in [0.15, 0.2) is 39.8 Å². The second kappa shape index (κ2) is 4.71. The number of nitrogens with zero attached hydrogens (tertiary/aromatic N) is 1. The highest BCUT2D eigenvalue weighted by molar-refractivity contribution is 9.10. The molecule has 1 aliphatic rings. The number of carbonyl (C=O) groups is 1. The van der Waals surface area contributed by atoms with Gasteiger partial charge in [0.15, 0.2) is 0 Å². The molecule has 2 rings (SSSR count). The van der Waals surface area contributed by atoms with Crippen molar-refractivity contribution in [1.29, 1.82) is 0 Å². The van der Waals surface area contributed by atoms with Gasteiger partial charge in [0.05, 0.1) is 0 Å². The number of aromatic carboxylic acids is 1. The highest BCUT2D eigenvalue weighted by Gasteiger charge is 2.14. The molecule has 0 aliphatic heterocycles. The van der Waals surface area contributed by atoms with Crippen LogP contribution in [0.2, 0.25) is 0 Å². The first kappa shape index (κ1) is 11.9. The fraction of sp³-hybridized carbons (Fsp3) is 0.167. The highest BCUT2D eigenvalue weighted by Crippen LogP contribution is 2.18. The molecule has 1 N–H and O–H groups in total. The lowest BCUT2D eigenvalue weighted by Gasteiger charge is -2.13. The van der Waals surface area contributed by atoms with E-state index < -0.39 is 11.5 Å². The van der Waals surface area contributed by atoms with Gasteiger partial charge in [0, 0.05) is 16.4 Å². The molecule has 0 radical (unpaired) electrons. The zero-order valence-electron chi connectivity index (χ0n) is 8.89. The van der Waals surface area contributed by atoms with Crippen molar-refractivity contribution >= 4 is 27.6 Å². The number of halogens is 1. The maximum Gasteiger partial charge on any atom is 0.341 e. The van der Waals surface area contributed by atoms with E-state index in [1.54, 1.807) is 6.20 Å². The van der Waals surface area contributed by atoms with Crippen molar-refractivity contribution in [2.24, 2.45) is 0 Å². The van der Waals surface area contributed by atoms with Crippen LogP contribution in [0.3, 0.4) is 0 Å². The standard InChI is InChI=1S/C12H10BrNO3/c13-8-6-10(12(16)17)11(15)14(7-8)9-4-2-1-3-5-9/h1-2,4,6-7H,3,5H2,(H,16,17). The zero-order chi connectivity index (χ0) is 12.4. The number of carboxylic acid groups (broad SMARTS) is 1. The van der Waals surface area contributed by atoms with Crippen LogP contribution in [0.1, 0.15) is 23.2 Å². The number of aromatic nitrogens is 1. The first-order valence-electron chi connectivity index (χ1n) is 5.11. The van der Waals surface area contributed by atoms with Gasteiger partial charge in [-0.15, -0.1) is 0 Å². The van der Waals surface area contributed by atoms with Crippen molar-refractivity contribution in [2.75, 3.05) is 0 Å². The Balaban J connectivity index is 2.62. The smallest absolute Gasteiger partial charge is 0.341 e. The molecule has 0 aromatic carbocycles. The van der Waals surface area contributed by atoms with Gasteiger partial charge in [0.1, 0.15) is 5.56 Å². The van der Waals surface area contributed by atoms with Crippen molar-refractivity contribution in [1.82, 2.24) is 4.57 Å². The van der Waals surface area contributed by atoms with Gasteiger partial charge in [-0.25, -0.2) is 4.79 Å². The third kappa shape index (κ3) is 2.39. The van der Waals surface area contributed by atoms with E-state index >= 15 is 0 Å². The average molecular weight is 296 g/mol. The van der Waals surface area contributed by atoms with Crippen molar-refractivity contribution in [3.63, 3.8) is 0 Å². The molecule has 1 aromatic heterocycles. The van der Waals surface area contributed by atoms with Crippen LogP contribution in [0.4, 0.5) is 0 Å². The molecule has 0 spiro atoms. The summed E-state index contributed by atoms with van der Waals surface area (Å²) in [6.45, 7) is 0. The molecular weight excluding hydrogens is 286 g/mol. The van der Waals surface area contributed by atoms with Crippen LogP contribution in [0.25, 0.3) is 5.70 Å². The molecule has 0 bridgehead atoms. The van der Waals surface area contributed by atoms with Crippen LogP contribution >= 0.6 is 15.9 Å². The number of rotatable bonds is 2. The minimum Gasteiger partial charge on any atom is -0.477 e. The zero-order valence-corrected chi connectivity index (χ0v) is 10.5. The fourth-order valence-corrected chi connectivity index (χ4v) is 2.14. The van der Waals surface area contributed by atoms with Gasteiger partial charge in [-0.2, -0.15) is 0 Å². The normalized spacial score (nSPS) is 14.5. The first-order valence-corrected chi connectivity index (χ1v) is 5.90. The molecule has 1 heterocycles. The molecule has 4 nitrogen and oxygen atoms in total. The summed E-state index contributed by atoms with van der Waals surface area (Å²) in [6, 6.07) is 1.32. The van der Waals surface area contributed by atoms with Crippen LogP contribution in [0, 0.1) is 0 Å². The fourth-order valence-electron chi connectivity index (χ4n) is 1.71. The minimum absolute atomic E-state index is 0.227. The number of hydrogen-bond acceptors (Lipinski definition) is 2. The summed E-state index contributed by atoms with van der Waals surface area (Å²) in [5, 5.41) is 8.95. The van der Waals surface area contributed by atoms with E-state index in [9.17, 15) is 9.59 Å². The van der Waals surface area contributed by atoms with Crippen molar-refractivity contribution in [3.05, 3.63) is 50.9 Å². The van der Waals surface area contributed by atoms with Crippen LogP contribution < -0.4 is 5.56 Å². The molecule has 1 aromatic rings. The molecule has 0 saturated carbocycles. The van der Waals surface area contributed by atoms with Gasteiger partial charge in [-0.05, 0) is 40.9 Å². The Morgan fingerprint density at radius 2 is 2.24 bits per heavy atom. The molecule has 1 aliphatic carbocycles. The Bertz CT molecular complexity index is 584. The highest BCUT2D eigenvalue weighted by atomic mass is 79.9. The molecule has 0 amide bonds. The molecule has 0 fully saturated rings. The van der Waals surface area contributed by atoms with E-state index in [0.29, 0.717) is 4.47 Å². The third-order valence-electron chi connectivity index (χ3n) is 2.52. The van der Waals surface area contributed by atoms with E-state index in [4.69, 9.17) is 5.11 Å². The van der Waals surface area contributed by atoms with E-state index in [1.807, 2.05) is 18.2 Å². The summed E-state index contributed by atoms with van der Waals surface area (Å²) in [6.07, 6.45) is 8.87. The molecule has 88 valence electrons. The Morgan fingerprint density at radius 3 is 2.82 bits per heavy atom. The van der Waals surface area contributed by atoms with E-state index in [2.05, 4.69) is 15.9 Å². The molecular formula is C12H10BrNO3. The summed E-state index contributed by atoms with van der Waals surface area (Å²) in [5.74, 6) is -1.21. The third-order valence-corrected chi connectivity index (χ3v) is 2.95. The van der Waals surface area contributed by atoms with Gasteiger partial charge in [-0.1, -0.05) is 12.2 Å². The second-order valence-corrected chi connectivity index (χ2v) is 4.59. The molecule has 0 unspecified atom stereocenters. The van der Waals surface area contributed by atoms with Crippen molar-refractivity contribution in [2.45, 2.75) is 12.8 Å². The lowest BCUT2D eigenvalue weighted by molar-refractivity contribution is 0.0694. The SMILES string of the molecule is O=C(O)c1cc(Br)cn(C2=CC=CCC2)c1=O. The Labute approximate surface area is 106 Å². The number of pyridine rings is 1. The Kier molecular flexibility index (Phi) is 3.28. The Hall–Kier alpha value is -1.62. The molecule has 17 heavy (non-hydrogen) atoms. The Morgan fingerprint density at radius 1 is 1.47 bits per heavy atom. The van der Waals surface area contributed by atoms with Gasteiger partial charge in [0.25, 0.3) is 5.56 Å². The van der Waals surface area contributed by atoms with Gasteiger partial charge < -0.3 is 5.11 Å². The van der Waals surface area contributed by atoms with Crippen LogP contribution in [-0.2, 0) is 0 Å². The largest absolute Gasteiger partial charge is 0.477 e. The number of carboxylic acids is 1. The summed E-state index contributed by atoms with van der Waals surface area (Å²) in [5.41, 5.74) is 0.0818. The van der Waals surface area contributed by atoms with Crippen molar-refractivity contribution < 1.29 is 9.90 Å². The maximum atomic E-state index is 12.0. The van der Waals surface area contributed by atoms with Crippen LogP contribution in [0.5, 0.6) is 0 Å². The second-order valence-electron chi connectivity index (χ2n) is 3.68. The maximum absolute atomic E-state index is 12.0. The van der Waals surface area contributed by atoms with E-state index in [0.717, 1.165) is 18.5 Å². The summed E-state index contributed by atoms with van der Waals surface area (Å²) in [4.78, 5) is 22.9. The summed E-state index contributed by atoms with van der Waals surface area (Å²) in [7, 11) is 0. The number of allylic oxidation sites excluding steroid dienone is 4. The average Bonchev–Trinajstić information content (AvgIpc) is 2.32. The molecule has 5 heteroatoms. The predicted molar refractivity (Wildman–Crippen MR) is 68.0 cm³/mol. The summed E-state index contributed by atoms with van der Waals surface area (Å²) < 4.78 is 1.96. The minimum atomic E-state index is -1.21. The van der Waals surface area contributed by atoms with Gasteiger partial charge >= 0.3 is 5.97 Å². The van der Waals surface area contributed by atoms with Gasteiger partial charge in [0.2, 0.25) is 0 Å². The summed E-state index contributed by atoms with van der Waals surface area (Å²) >= 11 is 3.21. The lowest BCUT2D eigenvalue weighted by Crippen LogP contribution is -2.25. The monoisotopic (exact) mass is 295 g/mol.